The number of rotatable bonds is 2. The Labute approximate surface area is 88.2 Å². The summed E-state index contributed by atoms with van der Waals surface area (Å²) in [6.07, 6.45) is 0.174. The molecule has 0 radical (unpaired) electrons. The lowest BCUT2D eigenvalue weighted by Gasteiger charge is -2.21. The van der Waals surface area contributed by atoms with Crippen molar-refractivity contribution in [2.75, 3.05) is 0 Å². The van der Waals surface area contributed by atoms with Crippen LogP contribution in [0.3, 0.4) is 0 Å². The van der Waals surface area contributed by atoms with E-state index in [1.54, 1.807) is 20.8 Å². The van der Waals surface area contributed by atoms with E-state index < -0.39 is 28.8 Å². The minimum Gasteiger partial charge on any atom is -0.459 e. The highest BCUT2D eigenvalue weighted by Crippen LogP contribution is 2.53. The summed E-state index contributed by atoms with van der Waals surface area (Å²) in [5.41, 5.74) is 3.06. The van der Waals surface area contributed by atoms with Crippen LogP contribution in [0.5, 0.6) is 0 Å². The second-order valence-electron chi connectivity index (χ2n) is 4.74. The molecule has 5 heteroatoms. The molecule has 2 N–H and O–H groups in total. The van der Waals surface area contributed by atoms with Gasteiger partial charge in [0.15, 0.2) is 5.41 Å². The molecule has 1 fully saturated rings. The normalized spacial score (nSPS) is 29.1. The number of carbonyl (C=O) groups excluding carboxylic acids is 2. The molecule has 0 aromatic rings. The zero-order valence-electron chi connectivity index (χ0n) is 9.03. The van der Waals surface area contributed by atoms with E-state index >= 15 is 0 Å². The van der Waals surface area contributed by atoms with Crippen LogP contribution in [0.4, 0.5) is 0 Å². The van der Waals surface area contributed by atoms with Crippen LogP contribution in [-0.2, 0) is 14.3 Å². The largest absolute Gasteiger partial charge is 0.459 e. The van der Waals surface area contributed by atoms with E-state index in [4.69, 9.17) is 15.7 Å². The molecule has 1 aliphatic carbocycles. The highest BCUT2D eigenvalue weighted by Gasteiger charge is 2.66. The number of amides is 1. The number of carbonyl (C=O) groups is 2. The number of nitrogens with zero attached hydrogens (tertiary/aromatic N) is 1. The van der Waals surface area contributed by atoms with E-state index in [1.807, 2.05) is 6.07 Å². The summed E-state index contributed by atoms with van der Waals surface area (Å²) in [6, 6.07) is 1.83. The van der Waals surface area contributed by atoms with Crippen LogP contribution in [0.15, 0.2) is 0 Å². The molecule has 0 aromatic heterocycles. The monoisotopic (exact) mass is 210 g/mol. The van der Waals surface area contributed by atoms with Gasteiger partial charge in [-0.1, -0.05) is 0 Å². The van der Waals surface area contributed by atoms with Crippen molar-refractivity contribution in [2.45, 2.75) is 32.8 Å². The van der Waals surface area contributed by atoms with Crippen LogP contribution in [0.2, 0.25) is 0 Å². The molecule has 0 aromatic carbocycles. The average Bonchev–Trinajstić information content (AvgIpc) is 2.76. The molecule has 0 heterocycles. The van der Waals surface area contributed by atoms with E-state index in [2.05, 4.69) is 0 Å². The van der Waals surface area contributed by atoms with Crippen molar-refractivity contribution < 1.29 is 14.3 Å². The third kappa shape index (κ3) is 2.09. The fourth-order valence-electron chi connectivity index (χ4n) is 1.37. The summed E-state index contributed by atoms with van der Waals surface area (Å²) in [4.78, 5) is 22.5. The molecule has 15 heavy (non-hydrogen) atoms. The second-order valence-corrected chi connectivity index (χ2v) is 4.74. The summed E-state index contributed by atoms with van der Waals surface area (Å²) >= 11 is 0. The van der Waals surface area contributed by atoms with E-state index in [9.17, 15) is 9.59 Å². The summed E-state index contributed by atoms with van der Waals surface area (Å²) in [7, 11) is 0. The fourth-order valence-corrected chi connectivity index (χ4v) is 1.37. The average molecular weight is 210 g/mol. The number of hydrogen-bond acceptors (Lipinski definition) is 4. The van der Waals surface area contributed by atoms with Gasteiger partial charge < -0.3 is 10.5 Å². The molecule has 5 nitrogen and oxygen atoms in total. The van der Waals surface area contributed by atoms with Gasteiger partial charge >= 0.3 is 5.97 Å². The lowest BCUT2D eigenvalue weighted by atomic mass is 10.1. The van der Waals surface area contributed by atoms with Crippen LogP contribution in [-0.4, -0.2) is 17.5 Å². The molecule has 1 amide bonds. The van der Waals surface area contributed by atoms with Gasteiger partial charge in [-0.15, -0.1) is 0 Å². The van der Waals surface area contributed by atoms with Gasteiger partial charge in [-0.05, 0) is 27.2 Å². The third-order valence-electron chi connectivity index (χ3n) is 2.27. The summed E-state index contributed by atoms with van der Waals surface area (Å²) in [5, 5.41) is 8.88. The minimum absolute atomic E-state index is 0.174. The SMILES string of the molecule is CC(C)(C)OC(=O)C1(C#N)CC1C(N)=O. The number of nitriles is 1. The van der Waals surface area contributed by atoms with Crippen LogP contribution in [0.25, 0.3) is 0 Å². The van der Waals surface area contributed by atoms with Gasteiger partial charge in [-0.2, -0.15) is 5.26 Å². The number of ether oxygens (including phenoxy) is 1. The van der Waals surface area contributed by atoms with Crippen LogP contribution < -0.4 is 5.73 Å². The Morgan fingerprint density at radius 1 is 1.53 bits per heavy atom. The predicted octanol–water partition coefficient (Wildman–Crippen LogP) is 0.343. The van der Waals surface area contributed by atoms with Crippen molar-refractivity contribution in [3.63, 3.8) is 0 Å². The molecule has 2 atom stereocenters. The first-order valence-electron chi connectivity index (χ1n) is 4.67. The Kier molecular flexibility index (Phi) is 2.48. The minimum atomic E-state index is -1.33. The molecule has 0 bridgehead atoms. The Morgan fingerprint density at radius 2 is 2.07 bits per heavy atom. The fraction of sp³-hybridized carbons (Fsp3) is 0.700. The van der Waals surface area contributed by atoms with Crippen molar-refractivity contribution in [2.24, 2.45) is 17.1 Å². The standard InChI is InChI=1S/C10H14N2O3/c1-9(2,3)15-8(14)10(5-11)4-6(10)7(12)13/h6H,4H2,1-3H3,(H2,12,13). The third-order valence-corrected chi connectivity index (χ3v) is 2.27. The van der Waals surface area contributed by atoms with Gasteiger partial charge in [0, 0.05) is 0 Å². The lowest BCUT2D eigenvalue weighted by molar-refractivity contribution is -0.160. The molecule has 0 spiro atoms. The smallest absolute Gasteiger partial charge is 0.327 e. The summed E-state index contributed by atoms with van der Waals surface area (Å²) in [6.45, 7) is 5.12. The Bertz CT molecular complexity index is 351. The number of esters is 1. The van der Waals surface area contributed by atoms with E-state index in [0.29, 0.717) is 0 Å². The first-order valence-corrected chi connectivity index (χ1v) is 4.67. The molecule has 2 unspecified atom stereocenters. The number of hydrogen-bond donors (Lipinski definition) is 1. The maximum atomic E-state index is 11.6. The number of nitrogens with two attached hydrogens (primary N) is 1. The van der Waals surface area contributed by atoms with Gasteiger partial charge in [-0.25, -0.2) is 0 Å². The maximum absolute atomic E-state index is 11.6. The Balaban J connectivity index is 2.77. The van der Waals surface area contributed by atoms with Crippen molar-refractivity contribution in [3.8, 4) is 6.07 Å². The Morgan fingerprint density at radius 3 is 2.33 bits per heavy atom. The highest BCUT2D eigenvalue weighted by atomic mass is 16.6. The van der Waals surface area contributed by atoms with Crippen LogP contribution in [0, 0.1) is 22.7 Å². The van der Waals surface area contributed by atoms with Gasteiger partial charge in [0.05, 0.1) is 12.0 Å². The number of primary amides is 1. The highest BCUT2D eigenvalue weighted by molar-refractivity contribution is 5.95. The summed E-state index contributed by atoms with van der Waals surface area (Å²) in [5.74, 6) is -1.97. The molecule has 1 aliphatic rings. The lowest BCUT2D eigenvalue weighted by Crippen LogP contribution is -2.32. The van der Waals surface area contributed by atoms with Gasteiger partial charge in [0.25, 0.3) is 0 Å². The first-order chi connectivity index (χ1) is 6.73. The van der Waals surface area contributed by atoms with Gasteiger partial charge in [0.2, 0.25) is 5.91 Å². The van der Waals surface area contributed by atoms with E-state index in [0.717, 1.165) is 0 Å². The molecule has 0 saturated heterocycles. The zero-order valence-corrected chi connectivity index (χ0v) is 9.03. The van der Waals surface area contributed by atoms with Crippen LogP contribution in [0.1, 0.15) is 27.2 Å². The molecular formula is C10H14N2O3. The van der Waals surface area contributed by atoms with Gasteiger partial charge in [-0.3, -0.25) is 9.59 Å². The van der Waals surface area contributed by atoms with E-state index in [-0.39, 0.29) is 6.42 Å². The van der Waals surface area contributed by atoms with Crippen LogP contribution >= 0.6 is 0 Å². The topological polar surface area (TPSA) is 93.2 Å². The maximum Gasteiger partial charge on any atom is 0.327 e. The second kappa shape index (κ2) is 3.23. The predicted molar refractivity (Wildman–Crippen MR) is 51.2 cm³/mol. The van der Waals surface area contributed by atoms with Crippen molar-refractivity contribution in [1.29, 1.82) is 5.26 Å². The Hall–Kier alpha value is -1.57. The molecule has 82 valence electrons. The molecular weight excluding hydrogens is 196 g/mol. The molecule has 1 saturated carbocycles. The molecule has 1 rings (SSSR count). The van der Waals surface area contributed by atoms with E-state index in [1.165, 1.54) is 0 Å². The van der Waals surface area contributed by atoms with Crippen molar-refractivity contribution >= 4 is 11.9 Å². The molecule has 0 aliphatic heterocycles. The van der Waals surface area contributed by atoms with Crippen molar-refractivity contribution in [3.05, 3.63) is 0 Å². The van der Waals surface area contributed by atoms with Crippen molar-refractivity contribution in [1.82, 2.24) is 0 Å². The first kappa shape index (κ1) is 11.5. The van der Waals surface area contributed by atoms with Gasteiger partial charge in [0.1, 0.15) is 5.60 Å². The zero-order chi connectivity index (χ0) is 11.9. The summed E-state index contributed by atoms with van der Waals surface area (Å²) < 4.78 is 5.07. The quantitative estimate of drug-likeness (QED) is 0.665.